The predicted molar refractivity (Wildman–Crippen MR) is 118 cm³/mol. The monoisotopic (exact) mass is 433 g/mol. The highest BCUT2D eigenvalue weighted by molar-refractivity contribution is 6.30. The van der Waals surface area contributed by atoms with Gasteiger partial charge in [-0.2, -0.15) is 0 Å². The van der Waals surface area contributed by atoms with Crippen LogP contribution in [0.1, 0.15) is 22.3 Å². The average Bonchev–Trinajstić information content (AvgIpc) is 2.75. The minimum absolute atomic E-state index is 0.0287. The van der Waals surface area contributed by atoms with Gasteiger partial charge < -0.3 is 10.2 Å². The van der Waals surface area contributed by atoms with Crippen LogP contribution in [-0.2, 0) is 11.2 Å². The summed E-state index contributed by atoms with van der Waals surface area (Å²) in [6.07, 6.45) is 2.12. The van der Waals surface area contributed by atoms with Crippen LogP contribution in [0.5, 0.6) is 0 Å². The molecule has 0 bridgehead atoms. The van der Waals surface area contributed by atoms with Crippen molar-refractivity contribution in [3.05, 3.63) is 64.7 Å². The molecule has 1 heterocycles. The molecule has 2 amide bonds. The van der Waals surface area contributed by atoms with Crippen LogP contribution in [0.3, 0.4) is 0 Å². The van der Waals surface area contributed by atoms with E-state index in [1.54, 1.807) is 24.3 Å². The Kier molecular flexibility index (Phi) is 7.92. The molecule has 0 radical (unpaired) electrons. The van der Waals surface area contributed by atoms with E-state index < -0.39 is 0 Å². The van der Waals surface area contributed by atoms with Crippen molar-refractivity contribution in [3.8, 4) is 0 Å². The number of amides is 2. The minimum atomic E-state index is -0.266. The lowest BCUT2D eigenvalue weighted by molar-refractivity contribution is -0.113. The molecule has 1 aliphatic rings. The first-order chi connectivity index (χ1) is 14.0. The van der Waals surface area contributed by atoms with Crippen LogP contribution in [-0.4, -0.2) is 60.2 Å². The number of aryl methyl sites for hydroxylation is 1. The Morgan fingerprint density at radius 1 is 0.931 bits per heavy atom. The van der Waals surface area contributed by atoms with Crippen LogP contribution in [0.2, 0.25) is 5.02 Å². The van der Waals surface area contributed by atoms with Crippen molar-refractivity contribution >= 4 is 40.7 Å². The lowest BCUT2D eigenvalue weighted by Crippen LogP contribution is -2.48. The molecule has 0 aromatic heterocycles. The topological polar surface area (TPSA) is 52.7 Å². The van der Waals surface area contributed by atoms with E-state index in [9.17, 15) is 9.59 Å². The summed E-state index contributed by atoms with van der Waals surface area (Å²) in [5, 5.41) is 3.44. The van der Waals surface area contributed by atoms with Crippen molar-refractivity contribution in [2.45, 2.75) is 12.8 Å². The van der Waals surface area contributed by atoms with Gasteiger partial charge in [-0.25, -0.2) is 0 Å². The predicted octanol–water partition coefficient (Wildman–Crippen LogP) is 3.91. The highest BCUT2D eigenvalue weighted by Crippen LogP contribution is 2.15. The Morgan fingerprint density at radius 2 is 1.59 bits per heavy atom. The Balaban J connectivity index is 1.42. The number of piperazine rings is 1. The van der Waals surface area contributed by atoms with E-state index in [1.807, 2.05) is 17.0 Å². The molecule has 1 aliphatic heterocycles. The van der Waals surface area contributed by atoms with Crippen LogP contribution in [0.4, 0.5) is 5.69 Å². The number of carbonyl (C=O) groups is 2. The maximum atomic E-state index is 12.7. The van der Waals surface area contributed by atoms with Crippen LogP contribution in [0.15, 0.2) is 48.5 Å². The second kappa shape index (κ2) is 10.6. The SMILES string of the molecule is O=C(CCl)Nc1ccc(C(=O)N2CCN(CCCc3ccc(Cl)cc3)CC2)cc1. The lowest BCUT2D eigenvalue weighted by atomic mass is 10.1. The fourth-order valence-electron chi connectivity index (χ4n) is 3.41. The number of carbonyl (C=O) groups excluding carboxylic acids is 2. The molecule has 7 heteroatoms. The van der Waals surface area contributed by atoms with Crippen molar-refractivity contribution in [1.82, 2.24) is 9.80 Å². The van der Waals surface area contributed by atoms with Gasteiger partial charge in [-0.15, -0.1) is 11.6 Å². The number of alkyl halides is 1. The van der Waals surface area contributed by atoms with Crippen LogP contribution >= 0.6 is 23.2 Å². The van der Waals surface area contributed by atoms with E-state index >= 15 is 0 Å². The molecular formula is C22H25Cl2N3O2. The fraction of sp³-hybridized carbons (Fsp3) is 0.364. The van der Waals surface area contributed by atoms with Gasteiger partial charge in [0.05, 0.1) is 0 Å². The van der Waals surface area contributed by atoms with Gasteiger partial charge in [-0.05, 0) is 61.3 Å². The van der Waals surface area contributed by atoms with Crippen LogP contribution < -0.4 is 5.32 Å². The van der Waals surface area contributed by atoms with E-state index in [-0.39, 0.29) is 17.7 Å². The molecule has 2 aromatic rings. The van der Waals surface area contributed by atoms with Gasteiger partial charge in [0.15, 0.2) is 0 Å². The first-order valence-corrected chi connectivity index (χ1v) is 10.7. The molecule has 29 heavy (non-hydrogen) atoms. The first-order valence-electron chi connectivity index (χ1n) is 9.77. The summed E-state index contributed by atoms with van der Waals surface area (Å²) in [5.74, 6) is -0.330. The van der Waals surface area contributed by atoms with Crippen molar-refractivity contribution in [2.75, 3.05) is 43.9 Å². The van der Waals surface area contributed by atoms with E-state index in [2.05, 4.69) is 22.3 Å². The molecule has 0 aliphatic carbocycles. The van der Waals surface area contributed by atoms with Gasteiger partial charge in [0, 0.05) is 42.5 Å². The molecule has 5 nitrogen and oxygen atoms in total. The zero-order valence-electron chi connectivity index (χ0n) is 16.2. The summed E-state index contributed by atoms with van der Waals surface area (Å²) in [7, 11) is 0. The number of nitrogens with zero attached hydrogens (tertiary/aromatic N) is 2. The average molecular weight is 434 g/mol. The summed E-state index contributed by atoms with van der Waals surface area (Å²) >= 11 is 11.4. The van der Waals surface area contributed by atoms with Crippen molar-refractivity contribution < 1.29 is 9.59 Å². The molecule has 0 atom stereocenters. The van der Waals surface area contributed by atoms with Crippen molar-refractivity contribution in [3.63, 3.8) is 0 Å². The zero-order valence-corrected chi connectivity index (χ0v) is 17.8. The second-order valence-electron chi connectivity index (χ2n) is 7.12. The molecule has 3 rings (SSSR count). The van der Waals surface area contributed by atoms with Crippen LogP contribution in [0.25, 0.3) is 0 Å². The molecule has 154 valence electrons. The fourth-order valence-corrected chi connectivity index (χ4v) is 3.60. The number of halogens is 2. The molecule has 0 saturated carbocycles. The lowest BCUT2D eigenvalue weighted by Gasteiger charge is -2.34. The number of benzene rings is 2. The quantitative estimate of drug-likeness (QED) is 0.673. The molecule has 0 unspecified atom stereocenters. The highest BCUT2D eigenvalue weighted by Gasteiger charge is 2.21. The minimum Gasteiger partial charge on any atom is -0.336 e. The molecule has 2 aromatic carbocycles. The molecule has 1 fully saturated rings. The summed E-state index contributed by atoms with van der Waals surface area (Å²) < 4.78 is 0. The maximum absolute atomic E-state index is 12.7. The van der Waals surface area contributed by atoms with Gasteiger partial charge >= 0.3 is 0 Å². The number of rotatable bonds is 7. The third-order valence-electron chi connectivity index (χ3n) is 5.05. The Labute approximate surface area is 181 Å². The number of hydrogen-bond donors (Lipinski definition) is 1. The normalized spacial score (nSPS) is 14.6. The molecular weight excluding hydrogens is 409 g/mol. The van der Waals surface area contributed by atoms with E-state index in [0.717, 1.165) is 50.6 Å². The van der Waals surface area contributed by atoms with E-state index in [0.29, 0.717) is 11.3 Å². The first kappa shape index (κ1) is 21.6. The number of hydrogen-bond acceptors (Lipinski definition) is 3. The Hall–Kier alpha value is -2.08. The summed E-state index contributed by atoms with van der Waals surface area (Å²) in [4.78, 5) is 28.3. The van der Waals surface area contributed by atoms with E-state index in [4.69, 9.17) is 23.2 Å². The standard InChI is InChI=1S/C22H25Cl2N3O2/c23-16-21(28)25-20-9-5-18(6-10-20)22(29)27-14-12-26(13-15-27)11-1-2-17-3-7-19(24)8-4-17/h3-10H,1-2,11-16H2,(H,25,28). The summed E-state index contributed by atoms with van der Waals surface area (Å²) in [6, 6.07) is 14.9. The molecule has 0 spiro atoms. The number of anilines is 1. The summed E-state index contributed by atoms with van der Waals surface area (Å²) in [6.45, 7) is 4.25. The van der Waals surface area contributed by atoms with Gasteiger partial charge in [0.2, 0.25) is 5.91 Å². The third-order valence-corrected chi connectivity index (χ3v) is 5.54. The maximum Gasteiger partial charge on any atom is 0.253 e. The summed E-state index contributed by atoms with van der Waals surface area (Å²) in [5.41, 5.74) is 2.57. The number of nitrogens with one attached hydrogen (secondary N) is 1. The molecule has 1 N–H and O–H groups in total. The van der Waals surface area contributed by atoms with Gasteiger partial charge in [0.25, 0.3) is 5.91 Å². The van der Waals surface area contributed by atoms with Crippen molar-refractivity contribution in [2.24, 2.45) is 0 Å². The largest absolute Gasteiger partial charge is 0.336 e. The van der Waals surface area contributed by atoms with E-state index in [1.165, 1.54) is 5.56 Å². The van der Waals surface area contributed by atoms with Gasteiger partial charge in [-0.3, -0.25) is 14.5 Å². The van der Waals surface area contributed by atoms with Gasteiger partial charge in [-0.1, -0.05) is 23.7 Å². The smallest absolute Gasteiger partial charge is 0.253 e. The highest BCUT2D eigenvalue weighted by atomic mass is 35.5. The second-order valence-corrected chi connectivity index (χ2v) is 7.83. The van der Waals surface area contributed by atoms with Crippen molar-refractivity contribution in [1.29, 1.82) is 0 Å². The Bertz CT molecular complexity index is 817. The van der Waals surface area contributed by atoms with Gasteiger partial charge in [0.1, 0.15) is 5.88 Å². The molecule has 1 saturated heterocycles. The Morgan fingerprint density at radius 3 is 2.21 bits per heavy atom. The van der Waals surface area contributed by atoms with Crippen LogP contribution in [0, 0.1) is 0 Å². The zero-order chi connectivity index (χ0) is 20.6. The third kappa shape index (κ3) is 6.46.